The molecule has 9 heteroatoms. The number of allylic oxidation sites excluding steroid dienone is 8. The van der Waals surface area contributed by atoms with Crippen molar-refractivity contribution < 1.29 is 72.4 Å². The third kappa shape index (κ3) is 7.69. The monoisotopic (exact) mass is 922 g/mol. The number of rotatable bonds is 4. The third-order valence-corrected chi connectivity index (χ3v) is 21.3. The molecule has 0 bridgehead atoms. The van der Waals surface area contributed by atoms with E-state index in [2.05, 4.69) is 118 Å². The minimum absolute atomic E-state index is 0. The average molecular weight is 925 g/mol. The molecule has 0 aliphatic heterocycles. The molecule has 4 aromatic rings. The van der Waals surface area contributed by atoms with Gasteiger partial charge in [-0.1, -0.05) is 0 Å². The predicted octanol–water partition coefficient (Wildman–Crippen LogP) is 8.58. The summed E-state index contributed by atoms with van der Waals surface area (Å²) in [6.07, 6.45) is 0.238. The van der Waals surface area contributed by atoms with Gasteiger partial charge >= 0.3 is 342 Å². The first kappa shape index (κ1) is 45.3. The Bertz CT molecular complexity index is 2390. The molecule has 308 valence electrons. The minimum atomic E-state index is -4.54. The number of hydrogen-bond donors (Lipinski definition) is 0. The van der Waals surface area contributed by atoms with Gasteiger partial charge in [-0.3, -0.25) is 0 Å². The molecule has 0 aromatic heterocycles. The largest absolute Gasteiger partial charge is 1.00 e. The second kappa shape index (κ2) is 15.0. The van der Waals surface area contributed by atoms with Gasteiger partial charge < -0.3 is 24.8 Å². The van der Waals surface area contributed by atoms with E-state index in [0.29, 0.717) is 11.1 Å². The molecular formula is C50H48Cl2F6Zr. The summed E-state index contributed by atoms with van der Waals surface area (Å²) >= 11 is -3.64. The molecule has 0 radical (unpaired) electrons. The van der Waals surface area contributed by atoms with Crippen LogP contribution in [0.4, 0.5) is 26.3 Å². The van der Waals surface area contributed by atoms with Crippen LogP contribution in [0.2, 0.25) is 0 Å². The number of benzene rings is 4. The first-order valence-corrected chi connectivity index (χ1v) is 23.5. The summed E-state index contributed by atoms with van der Waals surface area (Å²) in [6, 6.07) is 20.2. The summed E-state index contributed by atoms with van der Waals surface area (Å²) in [5.74, 6) is 0.0320. The fourth-order valence-corrected chi connectivity index (χ4v) is 19.3. The average Bonchev–Trinajstić information content (AvgIpc) is 3.78. The van der Waals surface area contributed by atoms with E-state index < -0.39 is 44.7 Å². The molecule has 0 saturated carbocycles. The summed E-state index contributed by atoms with van der Waals surface area (Å²) in [7, 11) is 0. The van der Waals surface area contributed by atoms with E-state index in [-0.39, 0.29) is 50.6 Å². The second-order valence-corrected chi connectivity index (χ2v) is 24.8. The zero-order valence-electron chi connectivity index (χ0n) is 34.9. The van der Waals surface area contributed by atoms with Crippen molar-refractivity contribution in [2.75, 3.05) is 0 Å². The van der Waals surface area contributed by atoms with Crippen LogP contribution in [0.5, 0.6) is 0 Å². The smallest absolute Gasteiger partial charge is 1.00 e. The first-order valence-electron chi connectivity index (χ1n) is 19.7. The Morgan fingerprint density at radius 3 is 1.32 bits per heavy atom. The third-order valence-electron chi connectivity index (χ3n) is 12.7. The number of alkyl halides is 6. The maximum Gasteiger partial charge on any atom is -1.00 e. The maximum absolute atomic E-state index is 14.1. The van der Waals surface area contributed by atoms with Crippen LogP contribution in [-0.4, -0.2) is 3.21 Å². The SMILES string of the molecule is CC1=CC(C)(C)c2cc3c(cc21)-c1cc2c(cc1[CH]3[Zr+2]([C]1=CC(C(C)(C)C)=CC1C)=[C](c1ccc(C(F)(F)F)cc1)c1ccc(C(F)(F)F)cc1)C(C)(C)C=C2C.[Cl-].[Cl-]. The summed E-state index contributed by atoms with van der Waals surface area (Å²) < 4.78 is 86.4. The van der Waals surface area contributed by atoms with Crippen LogP contribution in [0.15, 0.2) is 106 Å². The molecule has 1 unspecified atom stereocenters. The van der Waals surface area contributed by atoms with Gasteiger partial charge in [0.25, 0.3) is 0 Å². The van der Waals surface area contributed by atoms with Crippen molar-refractivity contribution >= 4 is 14.4 Å². The molecule has 0 heterocycles. The summed E-state index contributed by atoms with van der Waals surface area (Å²) in [5, 5.41) is 0. The zero-order chi connectivity index (χ0) is 41.4. The fraction of sp³-hybridized carbons (Fsp3) is 0.340. The summed E-state index contributed by atoms with van der Waals surface area (Å²) in [4.78, 5) is 0. The van der Waals surface area contributed by atoms with Gasteiger partial charge in [0.05, 0.1) is 0 Å². The van der Waals surface area contributed by atoms with Crippen LogP contribution in [-0.2, 0) is 44.4 Å². The topological polar surface area (TPSA) is 0 Å². The van der Waals surface area contributed by atoms with E-state index in [1.807, 2.05) is 0 Å². The van der Waals surface area contributed by atoms with Crippen LogP contribution in [0.3, 0.4) is 0 Å². The van der Waals surface area contributed by atoms with Gasteiger partial charge in [-0.15, -0.1) is 0 Å². The van der Waals surface area contributed by atoms with Crippen LogP contribution < -0.4 is 24.8 Å². The van der Waals surface area contributed by atoms with Crippen molar-refractivity contribution in [3.8, 4) is 11.1 Å². The Balaban J connectivity index is 0.00000293. The predicted molar refractivity (Wildman–Crippen MR) is 218 cm³/mol. The molecule has 0 nitrogen and oxygen atoms in total. The first-order chi connectivity index (χ1) is 26.4. The molecular weight excluding hydrogens is 877 g/mol. The Morgan fingerprint density at radius 2 is 0.983 bits per heavy atom. The van der Waals surface area contributed by atoms with E-state index >= 15 is 0 Å². The van der Waals surface area contributed by atoms with Crippen molar-refractivity contribution in [1.82, 2.24) is 0 Å². The molecule has 0 fully saturated rings. The Labute approximate surface area is 364 Å². The Hall–Kier alpha value is -3.25. The van der Waals surface area contributed by atoms with Gasteiger partial charge in [-0.05, 0) is 0 Å². The van der Waals surface area contributed by atoms with Crippen LogP contribution in [0.25, 0.3) is 22.3 Å². The van der Waals surface area contributed by atoms with Gasteiger partial charge in [0.1, 0.15) is 0 Å². The summed E-state index contributed by atoms with van der Waals surface area (Å²) in [6.45, 7) is 22.0. The van der Waals surface area contributed by atoms with Gasteiger partial charge in [0.2, 0.25) is 0 Å². The van der Waals surface area contributed by atoms with Crippen LogP contribution in [0, 0.1) is 11.3 Å². The number of fused-ring (bicyclic) bond motifs is 5. The van der Waals surface area contributed by atoms with Crippen molar-refractivity contribution in [1.29, 1.82) is 0 Å². The normalized spacial score (nSPS) is 18.5. The second-order valence-electron chi connectivity index (χ2n) is 18.7. The van der Waals surface area contributed by atoms with Crippen molar-refractivity contribution in [2.45, 2.75) is 96.0 Å². The number of hydrogen-bond acceptors (Lipinski definition) is 0. The molecule has 8 rings (SSSR count). The number of halogens is 8. The maximum atomic E-state index is 14.1. The zero-order valence-corrected chi connectivity index (χ0v) is 38.9. The van der Waals surface area contributed by atoms with Crippen molar-refractivity contribution in [3.63, 3.8) is 0 Å². The Morgan fingerprint density at radius 1 is 0.593 bits per heavy atom. The molecule has 0 amide bonds. The van der Waals surface area contributed by atoms with Crippen LogP contribution >= 0.6 is 0 Å². The van der Waals surface area contributed by atoms with E-state index in [0.717, 1.165) is 27.5 Å². The fourth-order valence-electron chi connectivity index (χ4n) is 9.85. The van der Waals surface area contributed by atoms with Crippen LogP contribution in [0.1, 0.15) is 128 Å². The van der Waals surface area contributed by atoms with Gasteiger partial charge in [0, 0.05) is 0 Å². The van der Waals surface area contributed by atoms with Gasteiger partial charge in [0.15, 0.2) is 0 Å². The molecule has 1 atom stereocenters. The Kier molecular flexibility index (Phi) is 11.5. The molecule has 0 N–H and O–H groups in total. The standard InChI is InChI=1S/C25H25.C15H8F6.C10H15.2ClH.Zr/c1-14-12-24(3,4)22-8-16-7-17-9-23-19(15(2)13-25(23,5)6)11-21(17)20(16)10-18(14)22;16-14(17,18)12-5-1-10(2-6-12)9-11-3-7-13(8-4-11)15(19,20)21;1-8-5-6-9(7-8)10(2,3)4;;;/h7-13H,1-6H3;1-8H;6-8H,1-4H3;2*1H;/q;;;;;+2/p-2. The minimum Gasteiger partial charge on any atom is -1.00 e. The van der Waals surface area contributed by atoms with Crippen molar-refractivity contribution in [2.24, 2.45) is 11.3 Å². The molecule has 0 spiro atoms. The van der Waals surface area contributed by atoms with E-state index in [1.165, 1.54) is 64.5 Å². The quantitative estimate of drug-likeness (QED) is 0.180. The molecule has 4 aromatic carbocycles. The molecule has 59 heavy (non-hydrogen) atoms. The van der Waals surface area contributed by atoms with Gasteiger partial charge in [-0.25, -0.2) is 0 Å². The van der Waals surface area contributed by atoms with Gasteiger partial charge in [-0.2, -0.15) is 0 Å². The van der Waals surface area contributed by atoms with Crippen molar-refractivity contribution in [3.05, 3.63) is 162 Å². The van der Waals surface area contributed by atoms with E-state index in [9.17, 15) is 26.3 Å². The van der Waals surface area contributed by atoms with E-state index in [4.69, 9.17) is 0 Å². The molecule has 0 saturated heterocycles. The summed E-state index contributed by atoms with van der Waals surface area (Å²) in [5.41, 5.74) is 12.5. The van der Waals surface area contributed by atoms with E-state index in [1.54, 1.807) is 24.3 Å². The molecule has 4 aliphatic rings. The molecule has 4 aliphatic carbocycles.